The van der Waals surface area contributed by atoms with Gasteiger partial charge in [0.25, 0.3) is 0 Å². The molecule has 1 aliphatic carbocycles. The fraction of sp³-hybridized carbons (Fsp3) is 0.625. The van der Waals surface area contributed by atoms with Crippen molar-refractivity contribution in [1.29, 1.82) is 0 Å². The first-order valence-corrected chi connectivity index (χ1v) is 7.39. The smallest absolute Gasteiger partial charge is 0.0499 e. The van der Waals surface area contributed by atoms with Gasteiger partial charge in [-0.15, -0.1) is 0 Å². The van der Waals surface area contributed by atoms with Crippen molar-refractivity contribution < 1.29 is 0 Å². The maximum absolute atomic E-state index is 6.35. The molecule has 2 N–H and O–H groups in total. The summed E-state index contributed by atoms with van der Waals surface area (Å²) < 4.78 is 0. The Hall–Kier alpha value is -0.860. The summed E-state index contributed by atoms with van der Waals surface area (Å²) in [6.45, 7) is 4.53. The minimum Gasteiger partial charge on any atom is -0.326 e. The van der Waals surface area contributed by atoms with Crippen LogP contribution in [0.15, 0.2) is 24.3 Å². The van der Waals surface area contributed by atoms with Crippen LogP contribution in [0.3, 0.4) is 0 Å². The van der Waals surface area contributed by atoms with Crippen LogP contribution in [0.5, 0.6) is 0 Å². The van der Waals surface area contributed by atoms with Crippen molar-refractivity contribution in [1.82, 2.24) is 4.90 Å². The number of nitrogens with zero attached hydrogens (tertiary/aromatic N) is 1. The van der Waals surface area contributed by atoms with Crippen molar-refractivity contribution in [2.75, 3.05) is 13.1 Å². The summed E-state index contributed by atoms with van der Waals surface area (Å²) in [6, 6.07) is 9.99. The molecule has 2 unspecified atom stereocenters. The van der Waals surface area contributed by atoms with Crippen LogP contribution in [-0.2, 0) is 0 Å². The van der Waals surface area contributed by atoms with Crippen molar-refractivity contribution in [3.05, 3.63) is 35.4 Å². The Morgan fingerprint density at radius 2 is 1.78 bits per heavy atom. The second-order valence-electron chi connectivity index (χ2n) is 5.82. The van der Waals surface area contributed by atoms with E-state index in [0.29, 0.717) is 12.1 Å². The average Bonchev–Trinajstić information content (AvgIpc) is 3.23. The van der Waals surface area contributed by atoms with Crippen LogP contribution in [-0.4, -0.2) is 24.0 Å². The summed E-state index contributed by atoms with van der Waals surface area (Å²) >= 11 is 0. The molecule has 0 bridgehead atoms. The van der Waals surface area contributed by atoms with E-state index in [2.05, 4.69) is 36.1 Å². The molecule has 3 rings (SSSR count). The zero-order valence-electron chi connectivity index (χ0n) is 11.3. The third-order valence-corrected chi connectivity index (χ3v) is 4.51. The molecule has 0 radical (unpaired) electrons. The van der Waals surface area contributed by atoms with E-state index in [1.54, 1.807) is 0 Å². The topological polar surface area (TPSA) is 29.3 Å². The van der Waals surface area contributed by atoms with Gasteiger partial charge in [-0.3, -0.25) is 4.90 Å². The standard InChI is InChI=1S/C16H24N2/c1-2-18-11-3-4-15(17)16(18)14-9-7-13(8-10-14)12-5-6-12/h7-10,12,15-16H,2-6,11,17H2,1H3. The van der Waals surface area contributed by atoms with Crippen LogP contribution in [0, 0.1) is 0 Å². The lowest BCUT2D eigenvalue weighted by molar-refractivity contribution is 0.136. The lowest BCUT2D eigenvalue weighted by atomic mass is 9.90. The summed E-state index contributed by atoms with van der Waals surface area (Å²) in [6.07, 6.45) is 5.16. The monoisotopic (exact) mass is 244 g/mol. The third-order valence-electron chi connectivity index (χ3n) is 4.51. The number of rotatable bonds is 3. The van der Waals surface area contributed by atoms with Gasteiger partial charge < -0.3 is 5.73 Å². The molecule has 2 aliphatic rings. The van der Waals surface area contributed by atoms with E-state index >= 15 is 0 Å². The molecule has 0 amide bonds. The third kappa shape index (κ3) is 2.32. The highest BCUT2D eigenvalue weighted by Crippen LogP contribution is 2.40. The van der Waals surface area contributed by atoms with Crippen molar-refractivity contribution in [2.24, 2.45) is 5.73 Å². The van der Waals surface area contributed by atoms with E-state index in [-0.39, 0.29) is 0 Å². The molecule has 98 valence electrons. The van der Waals surface area contributed by atoms with Gasteiger partial charge in [0.2, 0.25) is 0 Å². The molecule has 2 fully saturated rings. The Morgan fingerprint density at radius 3 is 2.39 bits per heavy atom. The second kappa shape index (κ2) is 5.02. The van der Waals surface area contributed by atoms with Crippen molar-refractivity contribution in [3.8, 4) is 0 Å². The molecule has 2 nitrogen and oxygen atoms in total. The number of likely N-dealkylation sites (N-methyl/N-ethyl adjacent to an activating group) is 1. The first-order chi connectivity index (χ1) is 8.79. The predicted octanol–water partition coefficient (Wildman–Crippen LogP) is 3.05. The Bertz CT molecular complexity index is 394. The number of hydrogen-bond acceptors (Lipinski definition) is 2. The summed E-state index contributed by atoms with van der Waals surface area (Å²) in [5.74, 6) is 0.848. The summed E-state index contributed by atoms with van der Waals surface area (Å²) in [7, 11) is 0. The summed E-state index contributed by atoms with van der Waals surface area (Å²) in [4.78, 5) is 2.53. The SMILES string of the molecule is CCN1CCCC(N)C1c1ccc(C2CC2)cc1. The molecule has 0 spiro atoms. The molecule has 2 heteroatoms. The number of nitrogens with two attached hydrogens (primary N) is 1. The first-order valence-electron chi connectivity index (χ1n) is 7.39. The zero-order valence-corrected chi connectivity index (χ0v) is 11.3. The lowest BCUT2D eigenvalue weighted by Gasteiger charge is -2.39. The fourth-order valence-corrected chi connectivity index (χ4v) is 3.29. The van der Waals surface area contributed by atoms with Gasteiger partial charge >= 0.3 is 0 Å². The lowest BCUT2D eigenvalue weighted by Crippen LogP contribution is -2.45. The molecule has 1 saturated carbocycles. The molecular weight excluding hydrogens is 220 g/mol. The minimum absolute atomic E-state index is 0.297. The van der Waals surface area contributed by atoms with Crippen LogP contribution >= 0.6 is 0 Å². The minimum atomic E-state index is 0.297. The number of piperidine rings is 1. The highest BCUT2D eigenvalue weighted by Gasteiger charge is 2.30. The summed E-state index contributed by atoms with van der Waals surface area (Å²) in [5, 5.41) is 0. The van der Waals surface area contributed by atoms with Gasteiger partial charge in [-0.25, -0.2) is 0 Å². The maximum Gasteiger partial charge on any atom is 0.0499 e. The van der Waals surface area contributed by atoms with Gasteiger partial charge in [0.1, 0.15) is 0 Å². The normalized spacial score (nSPS) is 29.4. The average molecular weight is 244 g/mol. The Morgan fingerprint density at radius 1 is 1.11 bits per heavy atom. The van der Waals surface area contributed by atoms with Crippen LogP contribution in [0.25, 0.3) is 0 Å². The summed E-state index contributed by atoms with van der Waals surface area (Å²) in [5.41, 5.74) is 9.28. The van der Waals surface area contributed by atoms with E-state index in [1.165, 1.54) is 36.9 Å². The Balaban J connectivity index is 1.81. The van der Waals surface area contributed by atoms with Crippen LogP contribution in [0.2, 0.25) is 0 Å². The Labute approximate surface area is 110 Å². The van der Waals surface area contributed by atoms with Gasteiger partial charge in [0.05, 0.1) is 0 Å². The number of benzene rings is 1. The molecule has 1 aliphatic heterocycles. The molecule has 18 heavy (non-hydrogen) atoms. The van der Waals surface area contributed by atoms with Crippen LogP contribution in [0.4, 0.5) is 0 Å². The first kappa shape index (κ1) is 12.2. The molecule has 1 heterocycles. The van der Waals surface area contributed by atoms with Crippen molar-refractivity contribution in [3.63, 3.8) is 0 Å². The van der Waals surface area contributed by atoms with Gasteiger partial charge in [0.15, 0.2) is 0 Å². The predicted molar refractivity (Wildman–Crippen MR) is 75.6 cm³/mol. The Kier molecular flexibility index (Phi) is 3.40. The van der Waals surface area contributed by atoms with E-state index in [9.17, 15) is 0 Å². The van der Waals surface area contributed by atoms with Gasteiger partial charge in [-0.1, -0.05) is 31.2 Å². The van der Waals surface area contributed by atoms with Crippen LogP contribution in [0.1, 0.15) is 55.7 Å². The van der Waals surface area contributed by atoms with E-state index in [4.69, 9.17) is 5.73 Å². The van der Waals surface area contributed by atoms with E-state index < -0.39 is 0 Å². The largest absolute Gasteiger partial charge is 0.326 e. The number of hydrogen-bond donors (Lipinski definition) is 1. The van der Waals surface area contributed by atoms with Gasteiger partial charge in [-0.05, 0) is 55.8 Å². The number of likely N-dealkylation sites (tertiary alicyclic amines) is 1. The molecule has 1 aromatic rings. The highest BCUT2D eigenvalue weighted by molar-refractivity contribution is 5.30. The maximum atomic E-state index is 6.35. The highest BCUT2D eigenvalue weighted by atomic mass is 15.2. The van der Waals surface area contributed by atoms with Gasteiger partial charge in [-0.2, -0.15) is 0 Å². The molecule has 1 saturated heterocycles. The molecule has 0 aromatic heterocycles. The van der Waals surface area contributed by atoms with E-state index in [0.717, 1.165) is 18.9 Å². The quantitative estimate of drug-likeness (QED) is 0.885. The second-order valence-corrected chi connectivity index (χ2v) is 5.82. The zero-order chi connectivity index (χ0) is 12.5. The molecule has 1 aromatic carbocycles. The fourth-order valence-electron chi connectivity index (χ4n) is 3.29. The van der Waals surface area contributed by atoms with Crippen molar-refractivity contribution >= 4 is 0 Å². The van der Waals surface area contributed by atoms with E-state index in [1.807, 2.05) is 0 Å². The molecule has 2 atom stereocenters. The van der Waals surface area contributed by atoms with Gasteiger partial charge in [0, 0.05) is 12.1 Å². The molecular formula is C16H24N2. The van der Waals surface area contributed by atoms with Crippen molar-refractivity contribution in [2.45, 2.75) is 50.6 Å². The van der Waals surface area contributed by atoms with Crippen LogP contribution < -0.4 is 5.73 Å².